The second-order valence-corrected chi connectivity index (χ2v) is 21.1. The Labute approximate surface area is 475 Å². The molecule has 488 valence electrons. The summed E-state index contributed by atoms with van der Waals surface area (Å²) in [6.07, 6.45) is -65.1. The van der Waals surface area contributed by atoms with E-state index in [1.54, 1.807) is 0 Å². The van der Waals surface area contributed by atoms with Crippen LogP contribution >= 0.6 is 0 Å². The molecule has 2 amide bonds. The summed E-state index contributed by atoms with van der Waals surface area (Å²) in [6.45, 7) is -4.78. The number of ether oxygens (including phenoxy) is 13. The average molecular weight is 1240 g/mol. The van der Waals surface area contributed by atoms with Crippen molar-refractivity contribution in [2.45, 2.75) is 229 Å². The molecule has 7 fully saturated rings. The maximum absolute atomic E-state index is 12.7. The van der Waals surface area contributed by atoms with Crippen LogP contribution < -0.4 is 10.6 Å². The summed E-state index contributed by atoms with van der Waals surface area (Å²) < 4.78 is 74.3. The van der Waals surface area contributed by atoms with Gasteiger partial charge in [0.25, 0.3) is 0 Å². The number of nitrogens with one attached hydrogen (secondary N) is 2. The molecule has 35 atom stereocenters. The minimum Gasteiger partial charge on any atom is -0.394 e. The fourth-order valence-corrected chi connectivity index (χ4v) is 10.6. The van der Waals surface area contributed by atoms with Gasteiger partial charge in [0.05, 0.1) is 46.2 Å². The molecular formula is C46H78N2O36. The van der Waals surface area contributed by atoms with E-state index in [1.165, 1.54) is 0 Å². The van der Waals surface area contributed by atoms with Gasteiger partial charge in [0.1, 0.15) is 171 Å². The molecule has 0 bridgehead atoms. The zero-order valence-corrected chi connectivity index (χ0v) is 44.7. The van der Waals surface area contributed by atoms with E-state index in [-0.39, 0.29) is 0 Å². The lowest BCUT2D eigenvalue weighted by Gasteiger charge is -2.50. The second kappa shape index (κ2) is 29.9. The van der Waals surface area contributed by atoms with Crippen LogP contribution in [-0.4, -0.2) is 380 Å². The first-order valence-corrected chi connectivity index (χ1v) is 26.6. The van der Waals surface area contributed by atoms with E-state index in [9.17, 15) is 117 Å². The van der Waals surface area contributed by atoms with Crippen LogP contribution in [0, 0.1) is 0 Å². The number of hydrogen-bond donors (Lipinski definition) is 23. The van der Waals surface area contributed by atoms with Crippen LogP contribution in [0.25, 0.3) is 0 Å². The number of rotatable bonds is 21. The van der Waals surface area contributed by atoms with Crippen molar-refractivity contribution in [2.24, 2.45) is 0 Å². The van der Waals surface area contributed by atoms with Gasteiger partial charge in [-0.15, -0.1) is 0 Å². The number of amides is 2. The highest BCUT2D eigenvalue weighted by molar-refractivity contribution is 5.73. The first kappa shape index (κ1) is 69.1. The summed E-state index contributed by atoms with van der Waals surface area (Å²) in [5.41, 5.74) is 0. The maximum atomic E-state index is 12.7. The molecule has 7 heterocycles. The van der Waals surface area contributed by atoms with E-state index in [4.69, 9.17) is 61.6 Å². The van der Waals surface area contributed by atoms with Gasteiger partial charge >= 0.3 is 0 Å². The van der Waals surface area contributed by atoms with E-state index in [0.29, 0.717) is 0 Å². The largest absolute Gasteiger partial charge is 0.394 e. The molecule has 7 aliphatic rings. The molecule has 7 saturated heterocycles. The summed E-state index contributed by atoms with van der Waals surface area (Å²) in [4.78, 5) is 24.6. The zero-order chi connectivity index (χ0) is 61.9. The van der Waals surface area contributed by atoms with Crippen molar-refractivity contribution >= 4 is 11.8 Å². The minimum absolute atomic E-state index is 0.738. The van der Waals surface area contributed by atoms with Crippen molar-refractivity contribution in [2.75, 3.05) is 46.2 Å². The quantitative estimate of drug-likeness (QED) is 0.0507. The van der Waals surface area contributed by atoms with Crippen LogP contribution in [0.15, 0.2) is 0 Å². The number of carbonyl (C=O) groups excluding carboxylic acids is 2. The Bertz CT molecular complexity index is 2060. The van der Waals surface area contributed by atoms with Crippen molar-refractivity contribution < 1.29 is 178 Å². The van der Waals surface area contributed by atoms with Crippen LogP contribution in [0.3, 0.4) is 0 Å². The first-order valence-electron chi connectivity index (χ1n) is 26.6. The zero-order valence-electron chi connectivity index (χ0n) is 44.7. The number of aliphatic hydroxyl groups is 21. The Balaban J connectivity index is 1.17. The summed E-state index contributed by atoms with van der Waals surface area (Å²) in [5.74, 6) is -1.61. The Kier molecular flexibility index (Phi) is 24.6. The van der Waals surface area contributed by atoms with Gasteiger partial charge in [-0.3, -0.25) is 9.59 Å². The van der Waals surface area contributed by atoms with Crippen LogP contribution in [-0.2, 0) is 71.2 Å². The summed E-state index contributed by atoms with van der Waals surface area (Å²) in [6, 6.07) is -3.37. The Hall–Kier alpha value is -2.42. The van der Waals surface area contributed by atoms with Crippen LogP contribution in [0.1, 0.15) is 13.8 Å². The molecular weight excluding hydrogens is 1160 g/mol. The second-order valence-electron chi connectivity index (χ2n) is 21.1. The van der Waals surface area contributed by atoms with Gasteiger partial charge in [0.15, 0.2) is 44.0 Å². The lowest BCUT2D eigenvalue weighted by molar-refractivity contribution is -0.387. The molecule has 84 heavy (non-hydrogen) atoms. The van der Waals surface area contributed by atoms with Crippen molar-refractivity contribution in [1.82, 2.24) is 10.6 Å². The molecule has 0 aromatic rings. The van der Waals surface area contributed by atoms with E-state index >= 15 is 0 Å². The molecule has 7 aliphatic heterocycles. The van der Waals surface area contributed by atoms with Gasteiger partial charge in [-0.25, -0.2) is 0 Å². The average Bonchev–Trinajstić information content (AvgIpc) is 1.64. The molecule has 38 nitrogen and oxygen atoms in total. The van der Waals surface area contributed by atoms with E-state index in [1.807, 2.05) is 0 Å². The molecule has 0 aromatic heterocycles. The third-order valence-electron chi connectivity index (χ3n) is 15.3. The first-order chi connectivity index (χ1) is 39.7. The van der Waals surface area contributed by atoms with Gasteiger partial charge in [0.2, 0.25) is 11.8 Å². The Morgan fingerprint density at radius 1 is 0.310 bits per heavy atom. The standard InChI is InChI=1S/C46H78N2O36/c1-10(54)47-19-26(61)36(15(6-52)74-40(19)71)81-41-20(48-11(2)55)27(62)37(16(7-53)78-41)82-46-35(70)39(84-45-33(68)30(65)23(58)14(5-51)77-45)25(60)18(80-46)9-73-43-34(69)38(83-44-32(67)29(64)22(57)13(4-50)76-44)24(59)17(79-43)8-72-42-31(66)28(63)21(56)12(3-49)75-42/h12-46,49-53,56-71H,3-9H2,1-2H3,(H,47,54)(H,48,55)/t12-,13-,14-,15-,16-,17-,18-,19-,20-,21-,22-,23-,24-,25-,26-,27-,28+,29+,30+,31+,32+,33+,34+,35+,36-,37-,38+,39+,40?,41+,42+,43+,44-,45-,46+/m1/s1. The monoisotopic (exact) mass is 1230 g/mol. The predicted molar refractivity (Wildman–Crippen MR) is 255 cm³/mol. The molecule has 7 rings (SSSR count). The summed E-state index contributed by atoms with van der Waals surface area (Å²) >= 11 is 0. The molecule has 0 aliphatic carbocycles. The van der Waals surface area contributed by atoms with E-state index < -0.39 is 273 Å². The molecule has 38 heteroatoms. The van der Waals surface area contributed by atoms with Crippen LogP contribution in [0.4, 0.5) is 0 Å². The summed E-state index contributed by atoms with van der Waals surface area (Å²) in [5, 5.41) is 231. The third kappa shape index (κ3) is 14.9. The van der Waals surface area contributed by atoms with E-state index in [2.05, 4.69) is 10.6 Å². The highest BCUT2D eigenvalue weighted by atomic mass is 16.8. The number of hydrogen-bond acceptors (Lipinski definition) is 36. The SMILES string of the molecule is CC(=O)N[C@H]1[C@H](O[C@H]2[C@H](O)[C@@H](NC(C)=O)C(O)O[C@@H]2CO)O[C@H](CO)[C@@H](O[C@@H]2O[C@H](CO[C@H]3O[C@H](CO[C@H]4O[C@H](CO)[C@@H](O)[C@H](O)[C@@H]4O)[C@@H](O)[C@H](O[C@H]4O[C@H](CO)[C@@H](O)[C@H](O)[C@@H]4O)[C@@H]3O)[C@@H](O)[C@H](O[C@H]3O[C@H](CO)[C@@H](O)[C@H](O)[C@@H]3O)[C@@H]2O)[C@@H]1O. The molecule has 0 radical (unpaired) electrons. The smallest absolute Gasteiger partial charge is 0.217 e. The molecule has 0 saturated carbocycles. The van der Waals surface area contributed by atoms with Gasteiger partial charge < -0.3 is 179 Å². The third-order valence-corrected chi connectivity index (χ3v) is 15.3. The highest BCUT2D eigenvalue weighted by Gasteiger charge is 2.58. The van der Waals surface area contributed by atoms with Crippen LogP contribution in [0.5, 0.6) is 0 Å². The van der Waals surface area contributed by atoms with Crippen LogP contribution in [0.2, 0.25) is 0 Å². The fraction of sp³-hybridized carbons (Fsp3) is 0.957. The van der Waals surface area contributed by atoms with Crippen molar-refractivity contribution in [3.05, 3.63) is 0 Å². The molecule has 1 unspecified atom stereocenters. The minimum atomic E-state index is -2.34. The van der Waals surface area contributed by atoms with Gasteiger partial charge in [-0.1, -0.05) is 0 Å². The molecule has 0 aromatic carbocycles. The molecule has 0 spiro atoms. The predicted octanol–water partition coefficient (Wildman–Crippen LogP) is -16.0. The van der Waals surface area contributed by atoms with E-state index in [0.717, 1.165) is 13.8 Å². The lowest BCUT2D eigenvalue weighted by Crippen LogP contribution is -2.70. The Morgan fingerprint density at radius 3 is 1.04 bits per heavy atom. The van der Waals surface area contributed by atoms with Crippen molar-refractivity contribution in [3.63, 3.8) is 0 Å². The molecule has 23 N–H and O–H groups in total. The summed E-state index contributed by atoms with van der Waals surface area (Å²) in [7, 11) is 0. The number of carbonyl (C=O) groups is 2. The highest BCUT2D eigenvalue weighted by Crippen LogP contribution is 2.37. The van der Waals surface area contributed by atoms with Crippen molar-refractivity contribution in [3.8, 4) is 0 Å². The fourth-order valence-electron chi connectivity index (χ4n) is 10.6. The number of aliphatic hydroxyl groups excluding tert-OH is 21. The van der Waals surface area contributed by atoms with Gasteiger partial charge in [-0.2, -0.15) is 0 Å². The Morgan fingerprint density at radius 2 is 0.607 bits per heavy atom. The van der Waals surface area contributed by atoms with Gasteiger partial charge in [0, 0.05) is 13.8 Å². The lowest BCUT2D eigenvalue weighted by atomic mass is 9.94. The van der Waals surface area contributed by atoms with Gasteiger partial charge in [-0.05, 0) is 0 Å². The topological polar surface area (TPSA) is 603 Å². The maximum Gasteiger partial charge on any atom is 0.217 e. The van der Waals surface area contributed by atoms with Crippen molar-refractivity contribution in [1.29, 1.82) is 0 Å². The normalized spacial score (nSPS) is 50.3.